The van der Waals surface area contributed by atoms with E-state index in [0.717, 1.165) is 71.4 Å². The number of aliphatic hydroxyl groups is 1. The Kier molecular flexibility index (Phi) is 7.16. The van der Waals surface area contributed by atoms with Crippen LogP contribution in [0.15, 0.2) is 66.7 Å². The van der Waals surface area contributed by atoms with E-state index in [1.54, 1.807) is 7.11 Å². The van der Waals surface area contributed by atoms with Crippen LogP contribution in [0.2, 0.25) is 0 Å². The molecule has 2 N–H and O–H groups in total. The van der Waals surface area contributed by atoms with Gasteiger partial charge in [-0.2, -0.15) is 0 Å². The van der Waals surface area contributed by atoms with Crippen LogP contribution in [0.5, 0.6) is 5.75 Å². The third-order valence-electron chi connectivity index (χ3n) is 10.1. The fourth-order valence-corrected chi connectivity index (χ4v) is 8.18. The summed E-state index contributed by atoms with van der Waals surface area (Å²) in [5.74, 6) is 2.19. The van der Waals surface area contributed by atoms with Crippen LogP contribution in [-0.2, 0) is 5.41 Å². The molecular weight excluding hydrogens is 496 g/mol. The van der Waals surface area contributed by atoms with Crippen molar-refractivity contribution in [1.29, 1.82) is 0 Å². The highest BCUT2D eigenvalue weighted by atomic mass is 16.5. The summed E-state index contributed by atoms with van der Waals surface area (Å²) >= 11 is 0. The lowest BCUT2D eigenvalue weighted by Crippen LogP contribution is -2.73. The Morgan fingerprint density at radius 3 is 2.58 bits per heavy atom. The van der Waals surface area contributed by atoms with Crippen molar-refractivity contribution in [1.82, 2.24) is 5.32 Å². The predicted molar refractivity (Wildman–Crippen MR) is 161 cm³/mol. The molecule has 3 aromatic rings. The monoisotopic (exact) mass is 541 g/mol. The van der Waals surface area contributed by atoms with E-state index in [2.05, 4.69) is 49.5 Å². The Morgan fingerprint density at radius 2 is 1.82 bits per heavy atom. The number of carbonyl (C=O) groups is 1. The Morgan fingerprint density at radius 1 is 1.02 bits per heavy atom. The number of quaternary nitrogens is 1. The van der Waals surface area contributed by atoms with Gasteiger partial charge in [0.05, 0.1) is 26.7 Å². The van der Waals surface area contributed by atoms with E-state index in [4.69, 9.17) is 4.74 Å². The number of amides is 1. The average Bonchev–Trinajstić information content (AvgIpc) is 3.76. The number of rotatable bonds is 8. The highest BCUT2D eigenvalue weighted by molar-refractivity contribution is 5.98. The summed E-state index contributed by atoms with van der Waals surface area (Å²) in [6.45, 7) is 8.82. The van der Waals surface area contributed by atoms with Gasteiger partial charge in [-0.15, -0.1) is 0 Å². The second-order valence-electron chi connectivity index (χ2n) is 13.5. The number of carbonyl (C=O) groups excluding carboxylic acids is 1. The molecule has 0 spiro atoms. The van der Waals surface area contributed by atoms with Crippen LogP contribution in [-0.4, -0.2) is 60.4 Å². The summed E-state index contributed by atoms with van der Waals surface area (Å²) in [4.78, 5) is 13.5. The maximum atomic E-state index is 13.5. The molecule has 212 valence electrons. The van der Waals surface area contributed by atoms with Crippen LogP contribution in [0.25, 0.3) is 10.8 Å². The second-order valence-corrected chi connectivity index (χ2v) is 13.5. The van der Waals surface area contributed by atoms with E-state index < -0.39 is 11.0 Å². The van der Waals surface area contributed by atoms with E-state index in [1.807, 2.05) is 36.4 Å². The smallest absolute Gasteiger partial charge is 0.251 e. The van der Waals surface area contributed by atoms with Crippen LogP contribution in [0, 0.1) is 11.8 Å². The van der Waals surface area contributed by atoms with Crippen molar-refractivity contribution in [3.8, 4) is 5.75 Å². The lowest BCUT2D eigenvalue weighted by Gasteiger charge is -2.61. The van der Waals surface area contributed by atoms with Crippen molar-refractivity contribution >= 4 is 16.7 Å². The minimum atomic E-state index is -0.828. The number of piperidine rings is 1. The number of nitrogens with zero attached hydrogens (tertiary/aromatic N) is 1. The topological polar surface area (TPSA) is 58.6 Å². The molecule has 3 fully saturated rings. The van der Waals surface area contributed by atoms with Crippen LogP contribution < -0.4 is 10.1 Å². The molecule has 40 heavy (non-hydrogen) atoms. The first-order chi connectivity index (χ1) is 19.2. The van der Waals surface area contributed by atoms with Gasteiger partial charge in [0.15, 0.2) is 0 Å². The van der Waals surface area contributed by atoms with Crippen molar-refractivity contribution in [3.05, 3.63) is 77.9 Å². The van der Waals surface area contributed by atoms with E-state index in [1.165, 1.54) is 19.4 Å². The van der Waals surface area contributed by atoms with E-state index in [0.29, 0.717) is 17.9 Å². The molecule has 1 heterocycles. The molecule has 1 amide bonds. The first-order valence-electron chi connectivity index (χ1n) is 15.2. The maximum absolute atomic E-state index is 13.5. The van der Waals surface area contributed by atoms with Gasteiger partial charge in [0.2, 0.25) is 0 Å². The van der Waals surface area contributed by atoms with Crippen molar-refractivity contribution < 1.29 is 19.1 Å². The summed E-state index contributed by atoms with van der Waals surface area (Å²) in [5, 5.41) is 18.3. The van der Waals surface area contributed by atoms with Crippen LogP contribution in [0.3, 0.4) is 0 Å². The Bertz CT molecular complexity index is 1380. The number of hydrogen-bond donors (Lipinski definition) is 2. The molecule has 2 aliphatic carbocycles. The zero-order chi connectivity index (χ0) is 28.0. The van der Waals surface area contributed by atoms with Crippen molar-refractivity contribution in [3.63, 3.8) is 0 Å². The molecule has 1 saturated heterocycles. The van der Waals surface area contributed by atoms with Gasteiger partial charge < -0.3 is 19.6 Å². The third-order valence-corrected chi connectivity index (χ3v) is 10.1. The second kappa shape index (κ2) is 10.5. The van der Waals surface area contributed by atoms with E-state index >= 15 is 0 Å². The van der Waals surface area contributed by atoms with Gasteiger partial charge in [0.25, 0.3) is 5.91 Å². The van der Waals surface area contributed by atoms with Gasteiger partial charge >= 0.3 is 0 Å². The van der Waals surface area contributed by atoms with Gasteiger partial charge in [-0.25, -0.2) is 0 Å². The molecule has 0 bridgehead atoms. The lowest BCUT2D eigenvalue weighted by molar-refractivity contribution is -0.945. The third kappa shape index (κ3) is 5.14. The van der Waals surface area contributed by atoms with Gasteiger partial charge in [-0.3, -0.25) is 4.79 Å². The first kappa shape index (κ1) is 27.3. The number of nitrogens with one attached hydrogen (secondary N) is 1. The van der Waals surface area contributed by atoms with E-state index in [9.17, 15) is 9.90 Å². The quantitative estimate of drug-likeness (QED) is 0.340. The van der Waals surface area contributed by atoms with Crippen LogP contribution >= 0.6 is 0 Å². The Labute approximate surface area is 239 Å². The fraction of sp³-hybridized carbons (Fsp3) is 0.514. The molecule has 1 aliphatic heterocycles. The molecule has 3 aliphatic rings. The standard InChI is InChI=1S/C35H44N2O3/c1-25(2)22-37(23-26-11-12-26)18-17-34(30-9-6-10-32(20-30)40-3)21-31(15-16-35(34,39)24-37)36-33(38)29-14-13-27-7-4-5-8-28(27)19-29/h4-10,13-14,19-20,25-26,31,39H,11-12,15-18,21-24H2,1-3H3/p+1/t31-,34-,35?,37+/m1/s1. The largest absolute Gasteiger partial charge is 0.497 e. The summed E-state index contributed by atoms with van der Waals surface area (Å²) in [6, 6.07) is 22.4. The van der Waals surface area contributed by atoms with Gasteiger partial charge in [-0.1, -0.05) is 56.3 Å². The maximum Gasteiger partial charge on any atom is 0.251 e. The molecule has 6 rings (SSSR count). The number of likely N-dealkylation sites (tertiary alicyclic amines) is 1. The number of ether oxygens (including phenoxy) is 1. The number of methoxy groups -OCH3 is 1. The first-order valence-corrected chi connectivity index (χ1v) is 15.2. The molecule has 0 radical (unpaired) electrons. The fourth-order valence-electron chi connectivity index (χ4n) is 8.18. The predicted octanol–water partition coefficient (Wildman–Crippen LogP) is 6.09. The summed E-state index contributed by atoms with van der Waals surface area (Å²) in [5.41, 5.74) is 0.582. The highest BCUT2D eigenvalue weighted by Crippen LogP contribution is 2.54. The summed E-state index contributed by atoms with van der Waals surface area (Å²) < 4.78 is 6.67. The summed E-state index contributed by atoms with van der Waals surface area (Å²) in [7, 11) is 1.71. The van der Waals surface area contributed by atoms with E-state index in [-0.39, 0.29) is 11.9 Å². The number of fused-ring (bicyclic) bond motifs is 2. The molecule has 5 nitrogen and oxygen atoms in total. The van der Waals surface area contributed by atoms with Gasteiger partial charge in [0, 0.05) is 35.3 Å². The zero-order valence-corrected chi connectivity index (χ0v) is 24.4. The minimum absolute atomic E-state index is 0.000947. The zero-order valence-electron chi connectivity index (χ0n) is 24.4. The Hall–Kier alpha value is -2.89. The molecule has 2 saturated carbocycles. The SMILES string of the molecule is COc1cccc([C@]23CC[N@+](CC(C)C)(CC4CC4)CC2(O)CC[C@@H](NC(=O)c2ccc4ccccc4c2)C3)c1. The summed E-state index contributed by atoms with van der Waals surface area (Å²) in [6.07, 6.45) is 5.79. The van der Waals surface area contributed by atoms with Crippen LogP contribution in [0.4, 0.5) is 0 Å². The molecule has 3 aromatic carbocycles. The average molecular weight is 542 g/mol. The van der Waals surface area contributed by atoms with Crippen molar-refractivity contribution in [2.75, 3.05) is 33.3 Å². The van der Waals surface area contributed by atoms with Gasteiger partial charge in [-0.05, 0) is 72.7 Å². The molecule has 4 atom stereocenters. The van der Waals surface area contributed by atoms with Crippen molar-refractivity contribution in [2.24, 2.45) is 11.8 Å². The number of hydrogen-bond acceptors (Lipinski definition) is 3. The minimum Gasteiger partial charge on any atom is -0.497 e. The molecule has 1 unspecified atom stereocenters. The number of benzene rings is 3. The molecule has 0 aromatic heterocycles. The lowest BCUT2D eigenvalue weighted by atomic mass is 9.54. The molecule has 5 heteroatoms. The highest BCUT2D eigenvalue weighted by Gasteiger charge is 2.62. The van der Waals surface area contributed by atoms with Crippen molar-refractivity contribution in [2.45, 2.75) is 69.4 Å². The molecular formula is C35H45N2O3+. The normalized spacial score (nSPS) is 30.2. The van der Waals surface area contributed by atoms with Gasteiger partial charge in [0.1, 0.15) is 17.9 Å². The van der Waals surface area contributed by atoms with Crippen LogP contribution in [0.1, 0.15) is 68.3 Å². The Balaban J connectivity index is 1.31.